The van der Waals surface area contributed by atoms with Crippen LogP contribution in [0.5, 0.6) is 0 Å². The molecule has 0 aromatic rings. The van der Waals surface area contributed by atoms with Crippen LogP contribution in [0.25, 0.3) is 0 Å². The molecule has 0 amide bonds. The second-order valence-electron chi connectivity index (χ2n) is 7.36. The van der Waals surface area contributed by atoms with Crippen molar-refractivity contribution in [3.8, 4) is 0 Å². The van der Waals surface area contributed by atoms with Gasteiger partial charge in [-0.05, 0) is 39.5 Å². The Kier molecular flexibility index (Phi) is 3.34. The summed E-state index contributed by atoms with van der Waals surface area (Å²) in [5.74, 6) is 0. The Labute approximate surface area is 116 Å². The third-order valence-electron chi connectivity index (χ3n) is 4.45. The zero-order chi connectivity index (χ0) is 14.5. The van der Waals surface area contributed by atoms with Gasteiger partial charge < -0.3 is 20.0 Å². The molecule has 2 N–H and O–H groups in total. The van der Waals surface area contributed by atoms with Gasteiger partial charge in [0, 0.05) is 23.9 Å². The Hall–Kier alpha value is -0.805. The summed E-state index contributed by atoms with van der Waals surface area (Å²) in [6.07, 6.45) is 2.30. The van der Waals surface area contributed by atoms with Crippen LogP contribution in [0.4, 0.5) is 0 Å². The minimum absolute atomic E-state index is 0.229. The number of hydrogen-bond acceptors (Lipinski definition) is 4. The molecule has 0 bridgehead atoms. The van der Waals surface area contributed by atoms with Gasteiger partial charge in [-0.1, -0.05) is 13.8 Å². The third kappa shape index (κ3) is 2.58. The molecule has 0 radical (unpaired) electrons. The molecule has 5 heteroatoms. The lowest BCUT2D eigenvalue weighted by atomic mass is 9.76. The standard InChI is InChI=1S/C14H25BN2O2/c1-12(2)7-11(17-9-12)10(8-16)15-18-13(3,4)14(5,6)19-15/h8,16-17H,7,9H2,1-6H3/b11-10+,16-8?. The first kappa shape index (κ1) is 14.6. The van der Waals surface area contributed by atoms with Crippen LogP contribution in [0.15, 0.2) is 11.2 Å². The summed E-state index contributed by atoms with van der Waals surface area (Å²) in [5, 5.41) is 11.1. The van der Waals surface area contributed by atoms with Gasteiger partial charge in [-0.15, -0.1) is 0 Å². The molecule has 2 fully saturated rings. The highest BCUT2D eigenvalue weighted by molar-refractivity contribution is 6.60. The van der Waals surface area contributed by atoms with Crippen LogP contribution in [0.1, 0.15) is 48.0 Å². The van der Waals surface area contributed by atoms with Gasteiger partial charge in [0.1, 0.15) is 0 Å². The minimum Gasteiger partial charge on any atom is -0.399 e. The van der Waals surface area contributed by atoms with Gasteiger partial charge in [-0.3, -0.25) is 0 Å². The van der Waals surface area contributed by atoms with Crippen molar-refractivity contribution in [3.05, 3.63) is 11.2 Å². The van der Waals surface area contributed by atoms with Crippen molar-refractivity contribution in [2.75, 3.05) is 6.54 Å². The molecule has 0 aromatic heterocycles. The Morgan fingerprint density at radius 2 is 1.68 bits per heavy atom. The third-order valence-corrected chi connectivity index (χ3v) is 4.45. The molecule has 19 heavy (non-hydrogen) atoms. The van der Waals surface area contributed by atoms with Gasteiger partial charge in [0.25, 0.3) is 0 Å². The van der Waals surface area contributed by atoms with Crippen LogP contribution in [0.2, 0.25) is 0 Å². The summed E-state index contributed by atoms with van der Waals surface area (Å²) in [4.78, 5) is 0. The summed E-state index contributed by atoms with van der Waals surface area (Å²) in [6.45, 7) is 13.5. The van der Waals surface area contributed by atoms with Crippen molar-refractivity contribution in [2.24, 2.45) is 5.41 Å². The molecule has 2 saturated heterocycles. The molecule has 0 atom stereocenters. The number of hydrogen-bond donors (Lipinski definition) is 2. The average Bonchev–Trinajstić information content (AvgIpc) is 2.67. The van der Waals surface area contributed by atoms with E-state index in [2.05, 4.69) is 19.2 Å². The van der Waals surface area contributed by atoms with Crippen LogP contribution in [0.3, 0.4) is 0 Å². The highest BCUT2D eigenvalue weighted by atomic mass is 16.7. The highest BCUT2D eigenvalue weighted by Gasteiger charge is 2.53. The first-order valence-corrected chi connectivity index (χ1v) is 6.91. The molecule has 106 valence electrons. The second-order valence-corrected chi connectivity index (χ2v) is 7.36. The first-order valence-electron chi connectivity index (χ1n) is 6.91. The molecule has 2 aliphatic heterocycles. The lowest BCUT2D eigenvalue weighted by Gasteiger charge is -2.32. The van der Waals surface area contributed by atoms with Crippen molar-refractivity contribution in [1.82, 2.24) is 5.32 Å². The molecular formula is C14H25BN2O2. The molecule has 0 unspecified atom stereocenters. The van der Waals surface area contributed by atoms with Crippen LogP contribution in [-0.4, -0.2) is 31.1 Å². The Morgan fingerprint density at radius 3 is 2.05 bits per heavy atom. The van der Waals surface area contributed by atoms with E-state index in [-0.39, 0.29) is 16.6 Å². The van der Waals surface area contributed by atoms with Gasteiger partial charge in [0.2, 0.25) is 0 Å². The van der Waals surface area contributed by atoms with E-state index in [1.54, 1.807) is 0 Å². The molecule has 2 heterocycles. The van der Waals surface area contributed by atoms with E-state index in [0.29, 0.717) is 0 Å². The van der Waals surface area contributed by atoms with Gasteiger partial charge in [-0.25, -0.2) is 0 Å². The van der Waals surface area contributed by atoms with E-state index < -0.39 is 7.12 Å². The maximum Gasteiger partial charge on any atom is 0.498 e. The Morgan fingerprint density at radius 1 is 1.16 bits per heavy atom. The van der Waals surface area contributed by atoms with Gasteiger partial charge in [0.05, 0.1) is 11.2 Å². The van der Waals surface area contributed by atoms with E-state index in [1.165, 1.54) is 6.21 Å². The normalized spacial score (nSPS) is 30.1. The minimum atomic E-state index is -0.445. The number of allylic oxidation sites excluding steroid dienone is 2. The number of nitrogens with one attached hydrogen (secondary N) is 2. The SMILES string of the molecule is CC1(C)CN/C(=C(\C=N)B2OC(C)(C)C(C)(C)O2)C1. The van der Waals surface area contributed by atoms with Crippen molar-refractivity contribution >= 4 is 13.3 Å². The Balaban J connectivity index is 2.27. The maximum absolute atomic E-state index is 7.69. The number of rotatable bonds is 2. The van der Waals surface area contributed by atoms with E-state index >= 15 is 0 Å². The smallest absolute Gasteiger partial charge is 0.399 e. The van der Waals surface area contributed by atoms with E-state index in [1.807, 2.05) is 27.7 Å². The van der Waals surface area contributed by atoms with Gasteiger partial charge in [0.15, 0.2) is 0 Å². The van der Waals surface area contributed by atoms with Crippen LogP contribution in [0, 0.1) is 10.8 Å². The van der Waals surface area contributed by atoms with E-state index in [0.717, 1.165) is 24.1 Å². The fourth-order valence-electron chi connectivity index (χ4n) is 2.42. The van der Waals surface area contributed by atoms with E-state index in [4.69, 9.17) is 14.7 Å². The van der Waals surface area contributed by atoms with Crippen molar-refractivity contribution < 1.29 is 9.31 Å². The zero-order valence-corrected chi connectivity index (χ0v) is 12.9. The molecule has 0 saturated carbocycles. The predicted octanol–water partition coefficient (Wildman–Crippen LogP) is 2.54. The Bertz CT molecular complexity index is 411. The summed E-state index contributed by atoms with van der Waals surface area (Å²) in [6, 6.07) is 0. The fourth-order valence-corrected chi connectivity index (χ4v) is 2.42. The summed E-state index contributed by atoms with van der Waals surface area (Å²) in [5.41, 5.74) is 1.41. The predicted molar refractivity (Wildman–Crippen MR) is 78.3 cm³/mol. The van der Waals surface area contributed by atoms with Crippen molar-refractivity contribution in [3.63, 3.8) is 0 Å². The van der Waals surface area contributed by atoms with Crippen molar-refractivity contribution in [2.45, 2.75) is 59.2 Å². The summed E-state index contributed by atoms with van der Waals surface area (Å²) >= 11 is 0. The molecule has 0 aromatic carbocycles. The quantitative estimate of drug-likeness (QED) is 0.595. The largest absolute Gasteiger partial charge is 0.498 e. The summed E-state index contributed by atoms with van der Waals surface area (Å²) < 4.78 is 12.1. The molecule has 0 aliphatic carbocycles. The lowest BCUT2D eigenvalue weighted by Crippen LogP contribution is -2.41. The van der Waals surface area contributed by atoms with Crippen LogP contribution in [-0.2, 0) is 9.31 Å². The molecule has 2 aliphatic rings. The molecular weight excluding hydrogens is 239 g/mol. The monoisotopic (exact) mass is 264 g/mol. The molecule has 4 nitrogen and oxygen atoms in total. The average molecular weight is 264 g/mol. The topological polar surface area (TPSA) is 54.3 Å². The first-order chi connectivity index (χ1) is 8.58. The summed E-state index contributed by atoms with van der Waals surface area (Å²) in [7, 11) is -0.445. The van der Waals surface area contributed by atoms with Crippen LogP contribution >= 0.6 is 0 Å². The van der Waals surface area contributed by atoms with E-state index in [9.17, 15) is 0 Å². The lowest BCUT2D eigenvalue weighted by molar-refractivity contribution is 0.00578. The van der Waals surface area contributed by atoms with Crippen LogP contribution < -0.4 is 5.32 Å². The van der Waals surface area contributed by atoms with Gasteiger partial charge >= 0.3 is 7.12 Å². The second kappa shape index (κ2) is 4.35. The van der Waals surface area contributed by atoms with Crippen molar-refractivity contribution in [1.29, 1.82) is 5.41 Å². The van der Waals surface area contributed by atoms with Gasteiger partial charge in [-0.2, -0.15) is 0 Å². The zero-order valence-electron chi connectivity index (χ0n) is 12.9. The maximum atomic E-state index is 7.69. The fraction of sp³-hybridized carbons (Fsp3) is 0.786. The molecule has 0 spiro atoms. The highest BCUT2D eigenvalue weighted by Crippen LogP contribution is 2.40. The molecule has 2 rings (SSSR count).